The van der Waals surface area contributed by atoms with Gasteiger partial charge in [-0.3, -0.25) is 0 Å². The van der Waals surface area contributed by atoms with E-state index < -0.39 is 0 Å². The first-order valence-electron chi connectivity index (χ1n) is 8.43. The Kier molecular flexibility index (Phi) is 7.18. The quantitative estimate of drug-likeness (QED) is 0.664. The summed E-state index contributed by atoms with van der Waals surface area (Å²) in [5, 5.41) is 7.19. The summed E-state index contributed by atoms with van der Waals surface area (Å²) in [6.45, 7) is 5.56. The fourth-order valence-corrected chi connectivity index (χ4v) is 3.37. The van der Waals surface area contributed by atoms with Gasteiger partial charge in [-0.05, 0) is 58.5 Å². The van der Waals surface area contributed by atoms with E-state index in [1.165, 1.54) is 57.9 Å². The molecule has 0 radical (unpaired) electrons. The zero-order valence-electron chi connectivity index (χ0n) is 12.6. The van der Waals surface area contributed by atoms with E-state index in [9.17, 15) is 0 Å². The maximum absolute atomic E-state index is 5.95. The third-order valence-corrected chi connectivity index (χ3v) is 4.52. The highest BCUT2D eigenvalue weighted by molar-refractivity contribution is 4.78. The standard InChI is InChI=1S/C16H32N2O/c1-14(13-15-7-5-10-18-15)17-11-6-12-19-16-8-3-2-4-9-16/h14-18H,2-13H2,1H3. The molecule has 1 aliphatic heterocycles. The van der Waals surface area contributed by atoms with Crippen LogP contribution in [0.3, 0.4) is 0 Å². The van der Waals surface area contributed by atoms with Gasteiger partial charge < -0.3 is 15.4 Å². The Morgan fingerprint density at radius 3 is 2.74 bits per heavy atom. The van der Waals surface area contributed by atoms with E-state index in [0.717, 1.165) is 25.6 Å². The Labute approximate surface area is 118 Å². The van der Waals surface area contributed by atoms with Crippen LogP contribution in [0.1, 0.15) is 64.7 Å². The summed E-state index contributed by atoms with van der Waals surface area (Å²) in [6, 6.07) is 1.38. The molecule has 1 aliphatic carbocycles. The van der Waals surface area contributed by atoms with Crippen molar-refractivity contribution >= 4 is 0 Å². The molecule has 0 bridgehead atoms. The number of nitrogens with one attached hydrogen (secondary N) is 2. The van der Waals surface area contributed by atoms with Gasteiger partial charge in [0, 0.05) is 18.7 Å². The van der Waals surface area contributed by atoms with Crippen molar-refractivity contribution in [1.82, 2.24) is 10.6 Å². The van der Waals surface area contributed by atoms with E-state index in [0.29, 0.717) is 12.1 Å². The highest BCUT2D eigenvalue weighted by atomic mass is 16.5. The van der Waals surface area contributed by atoms with Crippen molar-refractivity contribution in [3.05, 3.63) is 0 Å². The van der Waals surface area contributed by atoms with Gasteiger partial charge >= 0.3 is 0 Å². The molecule has 2 rings (SSSR count). The van der Waals surface area contributed by atoms with Crippen molar-refractivity contribution in [2.45, 2.75) is 82.9 Å². The molecule has 19 heavy (non-hydrogen) atoms. The molecule has 1 saturated heterocycles. The van der Waals surface area contributed by atoms with Gasteiger partial charge in [-0.25, -0.2) is 0 Å². The molecule has 1 saturated carbocycles. The minimum absolute atomic E-state index is 0.564. The van der Waals surface area contributed by atoms with Crippen molar-refractivity contribution in [2.75, 3.05) is 19.7 Å². The minimum Gasteiger partial charge on any atom is -0.378 e. The molecular weight excluding hydrogens is 236 g/mol. The fraction of sp³-hybridized carbons (Fsp3) is 1.00. The monoisotopic (exact) mass is 268 g/mol. The highest BCUT2D eigenvalue weighted by Gasteiger charge is 2.16. The summed E-state index contributed by atoms with van der Waals surface area (Å²) in [4.78, 5) is 0. The van der Waals surface area contributed by atoms with Gasteiger partial charge in [-0.15, -0.1) is 0 Å². The zero-order chi connectivity index (χ0) is 13.3. The SMILES string of the molecule is CC(CC1CCCN1)NCCCOC1CCCCC1. The van der Waals surface area contributed by atoms with Crippen LogP contribution in [0.4, 0.5) is 0 Å². The van der Waals surface area contributed by atoms with Crippen LogP contribution in [0.5, 0.6) is 0 Å². The third-order valence-electron chi connectivity index (χ3n) is 4.52. The van der Waals surface area contributed by atoms with Crippen LogP contribution < -0.4 is 10.6 Å². The van der Waals surface area contributed by atoms with Gasteiger partial charge in [-0.1, -0.05) is 19.3 Å². The highest BCUT2D eigenvalue weighted by Crippen LogP contribution is 2.20. The van der Waals surface area contributed by atoms with Crippen LogP contribution in [0.15, 0.2) is 0 Å². The lowest BCUT2D eigenvalue weighted by Gasteiger charge is -2.22. The molecule has 0 aromatic rings. The summed E-state index contributed by atoms with van der Waals surface area (Å²) in [6.07, 6.45) is 12.4. The summed E-state index contributed by atoms with van der Waals surface area (Å²) in [7, 11) is 0. The third kappa shape index (κ3) is 6.24. The maximum Gasteiger partial charge on any atom is 0.0575 e. The molecule has 2 unspecified atom stereocenters. The Morgan fingerprint density at radius 2 is 2.00 bits per heavy atom. The number of hydrogen-bond acceptors (Lipinski definition) is 3. The van der Waals surface area contributed by atoms with Crippen molar-refractivity contribution in [2.24, 2.45) is 0 Å². The summed E-state index contributed by atoms with van der Waals surface area (Å²) in [5.41, 5.74) is 0. The molecule has 0 spiro atoms. The number of hydrogen-bond donors (Lipinski definition) is 2. The van der Waals surface area contributed by atoms with Gasteiger partial charge in [0.15, 0.2) is 0 Å². The van der Waals surface area contributed by atoms with E-state index in [1.807, 2.05) is 0 Å². The average Bonchev–Trinajstić information content (AvgIpc) is 2.92. The second-order valence-electron chi connectivity index (χ2n) is 6.37. The Hall–Kier alpha value is -0.120. The minimum atomic E-state index is 0.564. The Balaban J connectivity index is 1.42. The van der Waals surface area contributed by atoms with E-state index in [1.54, 1.807) is 0 Å². The molecule has 2 fully saturated rings. The fourth-order valence-electron chi connectivity index (χ4n) is 3.37. The molecule has 0 aromatic heterocycles. The normalized spacial score (nSPS) is 26.7. The van der Waals surface area contributed by atoms with Crippen LogP contribution in [-0.4, -0.2) is 37.9 Å². The Bertz CT molecular complexity index is 223. The molecule has 2 N–H and O–H groups in total. The number of ether oxygens (including phenoxy) is 1. The first-order chi connectivity index (χ1) is 9.34. The largest absolute Gasteiger partial charge is 0.378 e. The second kappa shape index (κ2) is 8.93. The molecule has 1 heterocycles. The van der Waals surface area contributed by atoms with Gasteiger partial charge in [0.25, 0.3) is 0 Å². The van der Waals surface area contributed by atoms with E-state index in [-0.39, 0.29) is 0 Å². The number of rotatable bonds is 8. The van der Waals surface area contributed by atoms with Crippen LogP contribution in [0.25, 0.3) is 0 Å². The first kappa shape index (κ1) is 15.3. The van der Waals surface area contributed by atoms with Crippen LogP contribution in [0.2, 0.25) is 0 Å². The molecule has 3 heteroatoms. The zero-order valence-corrected chi connectivity index (χ0v) is 12.6. The maximum atomic E-state index is 5.95. The molecule has 2 aliphatic rings. The molecule has 0 aromatic carbocycles. The van der Waals surface area contributed by atoms with Gasteiger partial charge in [-0.2, -0.15) is 0 Å². The van der Waals surface area contributed by atoms with Crippen molar-refractivity contribution in [3.63, 3.8) is 0 Å². The van der Waals surface area contributed by atoms with Crippen molar-refractivity contribution < 1.29 is 4.74 Å². The molecular formula is C16H32N2O. The van der Waals surface area contributed by atoms with E-state index >= 15 is 0 Å². The van der Waals surface area contributed by atoms with E-state index in [4.69, 9.17) is 4.74 Å². The van der Waals surface area contributed by atoms with Crippen LogP contribution in [-0.2, 0) is 4.74 Å². The summed E-state index contributed by atoms with van der Waals surface area (Å²) >= 11 is 0. The smallest absolute Gasteiger partial charge is 0.0575 e. The lowest BCUT2D eigenvalue weighted by atomic mass is 9.98. The lowest BCUT2D eigenvalue weighted by molar-refractivity contribution is 0.0271. The van der Waals surface area contributed by atoms with Crippen LogP contribution >= 0.6 is 0 Å². The van der Waals surface area contributed by atoms with E-state index in [2.05, 4.69) is 17.6 Å². The average molecular weight is 268 g/mol. The van der Waals surface area contributed by atoms with Gasteiger partial charge in [0.1, 0.15) is 0 Å². The first-order valence-corrected chi connectivity index (χ1v) is 8.43. The van der Waals surface area contributed by atoms with Crippen molar-refractivity contribution in [1.29, 1.82) is 0 Å². The van der Waals surface area contributed by atoms with Crippen LogP contribution in [0, 0.1) is 0 Å². The van der Waals surface area contributed by atoms with Gasteiger partial charge in [0.2, 0.25) is 0 Å². The topological polar surface area (TPSA) is 33.3 Å². The van der Waals surface area contributed by atoms with Crippen molar-refractivity contribution in [3.8, 4) is 0 Å². The Morgan fingerprint density at radius 1 is 1.16 bits per heavy atom. The molecule has 2 atom stereocenters. The molecule has 0 amide bonds. The lowest BCUT2D eigenvalue weighted by Crippen LogP contribution is -2.34. The van der Waals surface area contributed by atoms with Gasteiger partial charge in [0.05, 0.1) is 6.10 Å². The predicted molar refractivity (Wildman–Crippen MR) is 80.5 cm³/mol. The molecule has 112 valence electrons. The molecule has 3 nitrogen and oxygen atoms in total. The predicted octanol–water partition coefficient (Wildman–Crippen LogP) is 2.85. The second-order valence-corrected chi connectivity index (χ2v) is 6.37. The summed E-state index contributed by atoms with van der Waals surface area (Å²) in [5.74, 6) is 0. The summed E-state index contributed by atoms with van der Waals surface area (Å²) < 4.78 is 5.95.